The molecule has 8 rings (SSSR count). The molecule has 3 heterocycles. The Bertz CT molecular complexity index is 2140. The van der Waals surface area contributed by atoms with Crippen LogP contribution < -0.4 is 0 Å². The SMILES string of the molecule is C[C@H](c1ccccc1)N1C/C(=C\c2ccc(Cl)cc2)[C@]2(ON=C(c3ccc(Cl)cc3)O2)[C@]2(C1)ON=C(c1ccc(Cl)cc1)[C@H]2c1ccc(Cl)cc1. The van der Waals surface area contributed by atoms with Crippen molar-refractivity contribution in [3.8, 4) is 0 Å². The number of hydrogen-bond acceptors (Lipinski definition) is 6. The lowest BCUT2D eigenvalue weighted by molar-refractivity contribution is -0.279. The fraction of sp³-hybridized carbons (Fsp3) is 0.171. The summed E-state index contributed by atoms with van der Waals surface area (Å²) in [5, 5.41) is 12.0. The van der Waals surface area contributed by atoms with E-state index >= 15 is 0 Å². The van der Waals surface area contributed by atoms with E-state index in [0.717, 1.165) is 27.8 Å². The lowest BCUT2D eigenvalue weighted by atomic mass is 9.68. The Kier molecular flexibility index (Phi) is 9.07. The van der Waals surface area contributed by atoms with E-state index in [1.165, 1.54) is 0 Å². The van der Waals surface area contributed by atoms with Crippen LogP contribution in [0.5, 0.6) is 0 Å². The van der Waals surface area contributed by atoms with E-state index in [0.29, 0.717) is 50.4 Å². The van der Waals surface area contributed by atoms with E-state index < -0.39 is 17.3 Å². The normalized spacial score (nSPS) is 24.2. The van der Waals surface area contributed by atoms with E-state index in [1.54, 1.807) is 12.1 Å². The molecular weight excluding hydrogens is 724 g/mol. The minimum Gasteiger partial charge on any atom is -0.422 e. The number of rotatable bonds is 6. The van der Waals surface area contributed by atoms with Gasteiger partial charge in [-0.2, -0.15) is 0 Å². The molecule has 1 saturated heterocycles. The van der Waals surface area contributed by atoms with Gasteiger partial charge in [0.05, 0.1) is 18.2 Å². The third-order valence-corrected chi connectivity index (χ3v) is 10.8. The second-order valence-electron chi connectivity index (χ2n) is 12.9. The number of benzene rings is 5. The quantitative estimate of drug-likeness (QED) is 0.173. The van der Waals surface area contributed by atoms with Gasteiger partial charge in [-0.05, 0) is 95.5 Å². The molecule has 0 amide bonds. The van der Waals surface area contributed by atoms with Crippen LogP contribution in [0.3, 0.4) is 0 Å². The Morgan fingerprint density at radius 2 is 1.25 bits per heavy atom. The van der Waals surface area contributed by atoms with Gasteiger partial charge in [0.1, 0.15) is 0 Å². The maximum Gasteiger partial charge on any atom is 0.346 e. The number of piperidine rings is 1. The standard InChI is InChI=1S/C41H31Cl4N3O3/c1-26(28-5-3-2-4-6-28)48-24-32(23-27-7-15-33(42)16-8-27)41(49-39(47-51-41)31-13-21-36(45)22-14-31)40(25-48)37(29-9-17-34(43)18-10-29)38(46-50-40)30-11-19-35(44)20-12-30/h2-23,26,37H,24-25H2,1H3/b32-23+/t26-,37-,40-,41+/m1/s1. The first-order valence-electron chi connectivity index (χ1n) is 16.5. The number of oxime groups is 2. The van der Waals surface area contributed by atoms with Crippen LogP contribution in [0.1, 0.15) is 46.7 Å². The highest BCUT2D eigenvalue weighted by atomic mass is 35.5. The Morgan fingerprint density at radius 1 is 0.686 bits per heavy atom. The minimum absolute atomic E-state index is 0.0267. The fourth-order valence-corrected chi connectivity index (χ4v) is 7.70. The van der Waals surface area contributed by atoms with E-state index in [9.17, 15) is 0 Å². The molecule has 3 aliphatic heterocycles. The highest BCUT2D eigenvalue weighted by Gasteiger charge is 2.74. The minimum atomic E-state index is -1.57. The molecule has 5 aromatic carbocycles. The van der Waals surface area contributed by atoms with E-state index in [2.05, 4.69) is 47.3 Å². The van der Waals surface area contributed by atoms with Crippen LogP contribution in [0.4, 0.5) is 0 Å². The van der Waals surface area contributed by atoms with Crippen LogP contribution >= 0.6 is 46.4 Å². The Morgan fingerprint density at radius 3 is 1.88 bits per heavy atom. The zero-order valence-electron chi connectivity index (χ0n) is 27.3. The molecular formula is C41H31Cl4N3O3. The Labute approximate surface area is 316 Å². The Balaban J connectivity index is 1.36. The molecule has 1 fully saturated rings. The molecule has 4 atom stereocenters. The summed E-state index contributed by atoms with van der Waals surface area (Å²) < 4.78 is 7.09. The molecule has 0 saturated carbocycles. The zero-order chi connectivity index (χ0) is 35.2. The molecule has 0 aliphatic carbocycles. The van der Waals surface area contributed by atoms with Gasteiger partial charge in [-0.15, -0.1) is 0 Å². The summed E-state index contributed by atoms with van der Waals surface area (Å²) in [7, 11) is 0. The molecule has 2 spiro atoms. The summed E-state index contributed by atoms with van der Waals surface area (Å²) in [5.41, 5.74) is 4.70. The molecule has 0 aromatic heterocycles. The predicted octanol–water partition coefficient (Wildman–Crippen LogP) is 10.8. The molecule has 10 heteroatoms. The first-order chi connectivity index (χ1) is 24.7. The molecule has 5 aromatic rings. The summed E-state index contributed by atoms with van der Waals surface area (Å²) in [6, 6.07) is 40.7. The molecule has 0 radical (unpaired) electrons. The van der Waals surface area contributed by atoms with Crippen molar-refractivity contribution < 1.29 is 14.4 Å². The van der Waals surface area contributed by atoms with Crippen LogP contribution in [0.25, 0.3) is 6.08 Å². The van der Waals surface area contributed by atoms with Gasteiger partial charge in [-0.1, -0.05) is 118 Å². The summed E-state index contributed by atoms with van der Waals surface area (Å²) in [4.78, 5) is 16.0. The number of ether oxygens (including phenoxy) is 1. The summed E-state index contributed by atoms with van der Waals surface area (Å²) in [5.74, 6) is -1.79. The molecule has 6 nitrogen and oxygen atoms in total. The molecule has 3 aliphatic rings. The predicted molar refractivity (Wildman–Crippen MR) is 205 cm³/mol. The first kappa shape index (κ1) is 33.8. The van der Waals surface area contributed by atoms with Crippen molar-refractivity contribution in [3.05, 3.63) is 181 Å². The van der Waals surface area contributed by atoms with E-state index in [-0.39, 0.29) is 6.04 Å². The van der Waals surface area contributed by atoms with Crippen LogP contribution in [-0.4, -0.2) is 41.0 Å². The topological polar surface area (TPSA) is 55.7 Å². The van der Waals surface area contributed by atoms with E-state index in [4.69, 9.17) is 66.0 Å². The van der Waals surface area contributed by atoms with Crippen molar-refractivity contribution >= 4 is 64.1 Å². The maximum atomic E-state index is 7.09. The summed E-state index contributed by atoms with van der Waals surface area (Å²) in [6.07, 6.45) is 2.07. The highest BCUT2D eigenvalue weighted by Crippen LogP contribution is 2.57. The van der Waals surface area contributed by atoms with Crippen molar-refractivity contribution in [3.63, 3.8) is 0 Å². The van der Waals surface area contributed by atoms with Crippen molar-refractivity contribution in [1.29, 1.82) is 0 Å². The third kappa shape index (κ3) is 6.19. The van der Waals surface area contributed by atoms with Crippen molar-refractivity contribution in [2.75, 3.05) is 13.1 Å². The van der Waals surface area contributed by atoms with Gasteiger partial charge in [0, 0.05) is 49.4 Å². The second-order valence-corrected chi connectivity index (χ2v) is 14.6. The number of hydrogen-bond donors (Lipinski definition) is 0. The third-order valence-electron chi connectivity index (χ3n) is 9.81. The fourth-order valence-electron chi connectivity index (χ4n) is 7.19. The number of halogens is 4. The van der Waals surface area contributed by atoms with Crippen LogP contribution in [-0.2, 0) is 14.4 Å². The molecule has 0 bridgehead atoms. The average Bonchev–Trinajstić information content (AvgIpc) is 3.77. The smallest absolute Gasteiger partial charge is 0.346 e. The number of nitrogens with zero attached hydrogens (tertiary/aromatic N) is 3. The maximum absolute atomic E-state index is 7.09. The van der Waals surface area contributed by atoms with Gasteiger partial charge in [-0.3, -0.25) is 4.90 Å². The van der Waals surface area contributed by atoms with Crippen LogP contribution in [0.15, 0.2) is 143 Å². The van der Waals surface area contributed by atoms with Crippen molar-refractivity contribution in [2.24, 2.45) is 10.3 Å². The van der Waals surface area contributed by atoms with Gasteiger partial charge in [-0.25, -0.2) is 0 Å². The van der Waals surface area contributed by atoms with Gasteiger partial charge in [0.2, 0.25) is 5.60 Å². The Hall–Kier alpha value is -4.30. The van der Waals surface area contributed by atoms with Crippen LogP contribution in [0.2, 0.25) is 20.1 Å². The molecule has 0 unspecified atom stereocenters. The monoisotopic (exact) mass is 753 g/mol. The lowest BCUT2D eigenvalue weighted by Gasteiger charge is -2.52. The summed E-state index contributed by atoms with van der Waals surface area (Å²) in [6.45, 7) is 3.02. The molecule has 0 N–H and O–H groups in total. The highest BCUT2D eigenvalue weighted by molar-refractivity contribution is 6.31. The van der Waals surface area contributed by atoms with Crippen LogP contribution in [0, 0.1) is 0 Å². The number of fused-ring (bicyclic) bond motifs is 1. The van der Waals surface area contributed by atoms with Gasteiger partial charge < -0.3 is 14.4 Å². The zero-order valence-corrected chi connectivity index (χ0v) is 30.4. The number of likely N-dealkylation sites (tertiary alicyclic amines) is 1. The first-order valence-corrected chi connectivity index (χ1v) is 18.0. The van der Waals surface area contributed by atoms with Crippen molar-refractivity contribution in [1.82, 2.24) is 4.90 Å². The van der Waals surface area contributed by atoms with E-state index in [1.807, 2.05) is 91.0 Å². The van der Waals surface area contributed by atoms with Gasteiger partial charge in [0.15, 0.2) is 0 Å². The van der Waals surface area contributed by atoms with Gasteiger partial charge >= 0.3 is 5.79 Å². The molecule has 51 heavy (non-hydrogen) atoms. The van der Waals surface area contributed by atoms with Crippen molar-refractivity contribution in [2.45, 2.75) is 30.3 Å². The average molecular weight is 756 g/mol. The largest absolute Gasteiger partial charge is 0.422 e. The summed E-state index contributed by atoms with van der Waals surface area (Å²) >= 11 is 25.4. The van der Waals surface area contributed by atoms with Gasteiger partial charge in [0.25, 0.3) is 5.90 Å². The lowest BCUT2D eigenvalue weighted by Crippen LogP contribution is -2.69. The second kappa shape index (κ2) is 13.7. The molecule has 256 valence electrons.